The van der Waals surface area contributed by atoms with Crippen molar-refractivity contribution in [2.45, 2.75) is 29.8 Å². The van der Waals surface area contributed by atoms with Crippen molar-refractivity contribution in [3.63, 3.8) is 0 Å². The summed E-state index contributed by atoms with van der Waals surface area (Å²) in [4.78, 5) is 13.5. The smallest absolute Gasteiger partial charge is 0.240 e. The zero-order valence-corrected chi connectivity index (χ0v) is 19.5. The van der Waals surface area contributed by atoms with Crippen molar-refractivity contribution in [2.75, 3.05) is 10.7 Å². The van der Waals surface area contributed by atoms with Gasteiger partial charge in [0, 0.05) is 16.3 Å². The lowest BCUT2D eigenvalue weighted by atomic mass is 10.0. The first-order chi connectivity index (χ1) is 16.1. The van der Waals surface area contributed by atoms with Gasteiger partial charge in [-0.2, -0.15) is 0 Å². The summed E-state index contributed by atoms with van der Waals surface area (Å²) in [5.41, 5.74) is 7.31. The molecule has 8 heteroatoms. The third kappa shape index (κ3) is 4.34. The van der Waals surface area contributed by atoms with Crippen molar-refractivity contribution in [1.82, 2.24) is 14.9 Å². The van der Waals surface area contributed by atoms with Crippen LogP contribution in [0.3, 0.4) is 0 Å². The fraction of sp³-hybridized carbons (Fsp3) is 0.160. The van der Waals surface area contributed by atoms with E-state index in [2.05, 4.69) is 27.9 Å². The van der Waals surface area contributed by atoms with Gasteiger partial charge < -0.3 is 10.7 Å². The molecule has 0 spiro atoms. The van der Waals surface area contributed by atoms with Crippen molar-refractivity contribution < 1.29 is 4.79 Å². The molecule has 2 atom stereocenters. The monoisotopic (exact) mass is 475 g/mol. The van der Waals surface area contributed by atoms with Crippen LogP contribution in [0.4, 0.5) is 5.69 Å². The summed E-state index contributed by atoms with van der Waals surface area (Å²) in [5, 5.41) is 12.7. The predicted molar refractivity (Wildman–Crippen MR) is 133 cm³/mol. The zero-order valence-electron chi connectivity index (χ0n) is 17.9. The van der Waals surface area contributed by atoms with E-state index in [1.165, 1.54) is 11.8 Å². The normalized spacial score (nSPS) is 17.2. The number of carbonyl (C=O) groups is 1. The lowest BCUT2D eigenvalue weighted by Crippen LogP contribution is -2.41. The highest BCUT2D eigenvalue weighted by Gasteiger charge is 2.38. The minimum Gasteiger partial charge on any atom is -0.325 e. The zero-order chi connectivity index (χ0) is 22.8. The summed E-state index contributed by atoms with van der Waals surface area (Å²) in [6, 6.07) is 25.0. The number of aromatic nitrogens is 3. The van der Waals surface area contributed by atoms with E-state index in [1.807, 2.05) is 83.5 Å². The van der Waals surface area contributed by atoms with Crippen LogP contribution in [0.25, 0.3) is 11.4 Å². The molecule has 1 aliphatic rings. The number of halogens is 1. The van der Waals surface area contributed by atoms with Gasteiger partial charge in [0.2, 0.25) is 11.1 Å². The topological polar surface area (TPSA) is 71.8 Å². The van der Waals surface area contributed by atoms with Crippen LogP contribution in [-0.2, 0) is 11.2 Å². The summed E-state index contributed by atoms with van der Waals surface area (Å²) in [5.74, 6) is 0.608. The van der Waals surface area contributed by atoms with E-state index >= 15 is 0 Å². The molecular weight excluding hydrogens is 454 g/mol. The van der Waals surface area contributed by atoms with Crippen LogP contribution in [0.1, 0.15) is 24.1 Å². The number of benzene rings is 3. The molecule has 0 aliphatic carbocycles. The molecule has 166 valence electrons. The van der Waals surface area contributed by atoms with Crippen LogP contribution >= 0.6 is 23.4 Å². The molecule has 33 heavy (non-hydrogen) atoms. The van der Waals surface area contributed by atoms with Gasteiger partial charge in [0.15, 0.2) is 5.82 Å². The Morgan fingerprint density at radius 1 is 1.03 bits per heavy atom. The minimum absolute atomic E-state index is 0.0936. The lowest BCUT2D eigenvalue weighted by Gasteiger charge is -2.33. The largest absolute Gasteiger partial charge is 0.325 e. The van der Waals surface area contributed by atoms with Crippen molar-refractivity contribution in [1.29, 1.82) is 0 Å². The average molecular weight is 476 g/mol. The van der Waals surface area contributed by atoms with Crippen LogP contribution in [0.2, 0.25) is 5.02 Å². The highest BCUT2D eigenvalue weighted by molar-refractivity contribution is 8.00. The number of rotatable bonds is 5. The highest BCUT2D eigenvalue weighted by Crippen LogP contribution is 2.39. The first-order valence-corrected chi connectivity index (χ1v) is 12.0. The number of aryl methyl sites for hydroxylation is 1. The van der Waals surface area contributed by atoms with E-state index in [1.54, 1.807) is 0 Å². The highest BCUT2D eigenvalue weighted by atomic mass is 35.5. The SMILES string of the molecule is CCc1ccccc1NC(=O)[C@@H]1Sc2nnc(-c3ccccc3)n2N[C@H]1c1ccc(Cl)cc1. The van der Waals surface area contributed by atoms with E-state index in [0.717, 1.165) is 28.8 Å². The van der Waals surface area contributed by atoms with Crippen molar-refractivity contribution >= 4 is 35.0 Å². The average Bonchev–Trinajstić information content (AvgIpc) is 3.27. The summed E-state index contributed by atoms with van der Waals surface area (Å²) < 4.78 is 1.86. The van der Waals surface area contributed by atoms with Gasteiger partial charge in [-0.05, 0) is 35.7 Å². The molecule has 2 N–H and O–H groups in total. The van der Waals surface area contributed by atoms with Gasteiger partial charge in [0.25, 0.3) is 0 Å². The quantitative estimate of drug-likeness (QED) is 0.395. The van der Waals surface area contributed by atoms with Gasteiger partial charge in [-0.15, -0.1) is 10.2 Å². The van der Waals surface area contributed by atoms with Crippen molar-refractivity contribution in [3.8, 4) is 11.4 Å². The second kappa shape index (κ2) is 9.29. The molecule has 1 aromatic heterocycles. The fourth-order valence-corrected chi connectivity index (χ4v) is 5.11. The molecule has 0 bridgehead atoms. The molecule has 0 saturated heterocycles. The number of thioether (sulfide) groups is 1. The van der Waals surface area contributed by atoms with Gasteiger partial charge in [-0.1, -0.05) is 91.0 Å². The number of para-hydroxylation sites is 1. The number of nitrogens with one attached hydrogen (secondary N) is 2. The van der Waals surface area contributed by atoms with E-state index in [-0.39, 0.29) is 11.9 Å². The molecule has 6 nitrogen and oxygen atoms in total. The summed E-state index contributed by atoms with van der Waals surface area (Å²) >= 11 is 7.53. The molecule has 3 aromatic carbocycles. The third-order valence-corrected chi connectivity index (χ3v) is 7.08. The maximum absolute atomic E-state index is 13.5. The van der Waals surface area contributed by atoms with Crippen LogP contribution in [-0.4, -0.2) is 26.0 Å². The Morgan fingerprint density at radius 3 is 2.52 bits per heavy atom. The molecule has 0 unspecified atom stereocenters. The number of nitrogens with zero attached hydrogens (tertiary/aromatic N) is 3. The molecule has 5 rings (SSSR count). The lowest BCUT2D eigenvalue weighted by molar-refractivity contribution is -0.116. The van der Waals surface area contributed by atoms with Crippen LogP contribution in [0, 0.1) is 0 Å². The Labute approximate surface area is 201 Å². The summed E-state index contributed by atoms with van der Waals surface area (Å²) in [6.07, 6.45) is 0.835. The Bertz CT molecular complexity index is 1280. The van der Waals surface area contributed by atoms with Gasteiger partial charge in [-0.3, -0.25) is 4.79 Å². The van der Waals surface area contributed by atoms with E-state index in [0.29, 0.717) is 16.0 Å². The number of fused-ring (bicyclic) bond motifs is 1. The number of hydrogen-bond donors (Lipinski definition) is 2. The van der Waals surface area contributed by atoms with Gasteiger partial charge >= 0.3 is 0 Å². The second-order valence-electron chi connectivity index (χ2n) is 7.70. The Morgan fingerprint density at radius 2 is 1.76 bits per heavy atom. The first kappa shape index (κ1) is 21.6. The van der Waals surface area contributed by atoms with E-state index < -0.39 is 5.25 Å². The Kier molecular flexibility index (Phi) is 6.07. The predicted octanol–water partition coefficient (Wildman–Crippen LogP) is 5.56. The number of amides is 1. The van der Waals surface area contributed by atoms with Crippen molar-refractivity contribution in [3.05, 3.63) is 95.0 Å². The molecule has 2 heterocycles. The van der Waals surface area contributed by atoms with Gasteiger partial charge in [0.05, 0.1) is 6.04 Å². The number of anilines is 1. The van der Waals surface area contributed by atoms with Crippen LogP contribution in [0.5, 0.6) is 0 Å². The molecule has 0 radical (unpaired) electrons. The van der Waals surface area contributed by atoms with E-state index in [4.69, 9.17) is 11.6 Å². The molecular formula is C25H22ClN5OS. The van der Waals surface area contributed by atoms with Crippen molar-refractivity contribution in [2.24, 2.45) is 0 Å². The maximum Gasteiger partial charge on any atom is 0.240 e. The second-order valence-corrected chi connectivity index (χ2v) is 9.25. The summed E-state index contributed by atoms with van der Waals surface area (Å²) in [6.45, 7) is 2.08. The Balaban J connectivity index is 1.52. The van der Waals surface area contributed by atoms with Crippen LogP contribution in [0.15, 0.2) is 84.0 Å². The molecule has 0 saturated carbocycles. The maximum atomic E-state index is 13.5. The minimum atomic E-state index is -0.462. The third-order valence-electron chi connectivity index (χ3n) is 5.61. The Hall–Kier alpha value is -3.29. The molecule has 4 aromatic rings. The molecule has 0 fully saturated rings. The number of hydrogen-bond acceptors (Lipinski definition) is 5. The fourth-order valence-electron chi connectivity index (χ4n) is 3.90. The molecule has 1 amide bonds. The first-order valence-electron chi connectivity index (χ1n) is 10.7. The van der Waals surface area contributed by atoms with Gasteiger partial charge in [-0.25, -0.2) is 4.68 Å². The van der Waals surface area contributed by atoms with Gasteiger partial charge in [0.1, 0.15) is 5.25 Å². The van der Waals surface area contributed by atoms with E-state index in [9.17, 15) is 4.79 Å². The standard InChI is InChI=1S/C25H22ClN5OS/c1-2-16-8-6-7-11-20(16)27-24(32)22-21(17-12-14-19(26)15-13-17)30-31-23(28-29-25(31)33-22)18-9-4-3-5-10-18/h3-15,21-22,30H,2H2,1H3,(H,27,32)/t21-,22+/m0/s1. The molecule has 1 aliphatic heterocycles. The van der Waals surface area contributed by atoms with Crippen LogP contribution < -0.4 is 10.7 Å². The number of carbonyl (C=O) groups excluding carboxylic acids is 1. The summed E-state index contributed by atoms with van der Waals surface area (Å²) in [7, 11) is 0.